The molecular weight excluding hydrogens is 1260 g/mol. The molecular formula is C83H59N4OPt-3. The third-order valence-corrected chi connectivity index (χ3v) is 17.8. The largest absolute Gasteiger partial charge is 0.509 e. The number of anilines is 4. The maximum Gasteiger partial charge on any atom is 0.135 e. The Balaban J connectivity index is 0.00000663. The molecule has 12 aromatic carbocycles. The summed E-state index contributed by atoms with van der Waals surface area (Å²) in [5.74, 6) is 1.95. The number of rotatable bonds is 11. The molecule has 14 aromatic rings. The zero-order valence-corrected chi connectivity index (χ0v) is 51.7. The Kier molecular flexibility index (Phi) is 13.9. The number of aromatic nitrogens is 2. The fraction of sp³-hybridized carbons (Fsp3) is 0.0602. The molecule has 1 aliphatic carbocycles. The van der Waals surface area contributed by atoms with Crippen molar-refractivity contribution in [3.8, 4) is 73.0 Å². The average molecular weight is 1320 g/mol. The second kappa shape index (κ2) is 22.4. The number of ether oxygens (including phenoxy) is 1. The van der Waals surface area contributed by atoms with E-state index in [0.717, 1.165) is 94.9 Å². The van der Waals surface area contributed by atoms with E-state index in [0.29, 0.717) is 11.5 Å². The minimum absolute atomic E-state index is 0. The normalized spacial score (nSPS) is 13.0. The van der Waals surface area contributed by atoms with Crippen molar-refractivity contribution >= 4 is 44.6 Å². The molecule has 0 atom stereocenters. The van der Waals surface area contributed by atoms with Gasteiger partial charge in [0.25, 0.3) is 0 Å². The molecule has 3 heterocycles. The topological polar surface area (TPSA) is 33.5 Å². The maximum atomic E-state index is 6.99. The van der Waals surface area contributed by atoms with Gasteiger partial charge in [0.05, 0.1) is 5.41 Å². The van der Waals surface area contributed by atoms with Crippen molar-refractivity contribution in [2.45, 2.75) is 31.6 Å². The summed E-state index contributed by atoms with van der Waals surface area (Å²) in [7, 11) is 0. The van der Waals surface area contributed by atoms with Crippen molar-refractivity contribution < 1.29 is 25.8 Å². The number of para-hydroxylation sites is 3. The Hall–Kier alpha value is -10.3. The zero-order chi connectivity index (χ0) is 58.9. The molecule has 16 rings (SSSR count). The first kappa shape index (κ1) is 55.3. The van der Waals surface area contributed by atoms with Crippen LogP contribution >= 0.6 is 0 Å². The molecule has 0 unspecified atom stereocenters. The molecule has 0 radical (unpaired) electrons. The number of pyridine rings is 1. The Morgan fingerprint density at radius 2 is 0.933 bits per heavy atom. The second-order valence-corrected chi connectivity index (χ2v) is 23.9. The Morgan fingerprint density at radius 1 is 0.416 bits per heavy atom. The van der Waals surface area contributed by atoms with Gasteiger partial charge in [0, 0.05) is 72.5 Å². The van der Waals surface area contributed by atoms with E-state index in [1.807, 2.05) is 18.3 Å². The predicted octanol–water partition coefficient (Wildman–Crippen LogP) is 21.3. The molecule has 2 aliphatic rings. The molecule has 0 amide bonds. The number of benzene rings is 12. The molecule has 0 spiro atoms. The van der Waals surface area contributed by atoms with E-state index in [2.05, 4.69) is 333 Å². The van der Waals surface area contributed by atoms with E-state index in [1.165, 1.54) is 38.9 Å². The molecule has 5 nitrogen and oxygen atoms in total. The van der Waals surface area contributed by atoms with Crippen LogP contribution in [0.2, 0.25) is 0 Å². The monoisotopic (exact) mass is 1320 g/mol. The van der Waals surface area contributed by atoms with Crippen LogP contribution in [0.4, 0.5) is 22.7 Å². The van der Waals surface area contributed by atoms with Crippen molar-refractivity contribution in [1.82, 2.24) is 9.55 Å². The van der Waals surface area contributed by atoms with Crippen molar-refractivity contribution in [3.05, 3.63) is 344 Å². The van der Waals surface area contributed by atoms with Crippen molar-refractivity contribution in [2.75, 3.05) is 9.80 Å². The van der Waals surface area contributed by atoms with Crippen LogP contribution in [0.15, 0.2) is 297 Å². The third kappa shape index (κ3) is 9.30. The third-order valence-electron chi connectivity index (χ3n) is 17.8. The number of nitrogens with zero attached hydrogens (tertiary/aromatic N) is 4. The van der Waals surface area contributed by atoms with Crippen LogP contribution in [0.3, 0.4) is 0 Å². The van der Waals surface area contributed by atoms with Gasteiger partial charge in [0.2, 0.25) is 0 Å². The van der Waals surface area contributed by atoms with Crippen molar-refractivity contribution in [3.63, 3.8) is 0 Å². The average Bonchev–Trinajstić information content (AvgIpc) is 1.56. The van der Waals surface area contributed by atoms with Gasteiger partial charge in [-0.05, 0) is 113 Å². The number of fused-ring (bicyclic) bond motifs is 7. The summed E-state index contributed by atoms with van der Waals surface area (Å²) < 4.78 is 9.29. The van der Waals surface area contributed by atoms with Gasteiger partial charge in [-0.3, -0.25) is 0 Å². The number of hydrogen-bond donors (Lipinski definition) is 0. The summed E-state index contributed by atoms with van der Waals surface area (Å²) in [5.41, 5.74) is 22.9. The van der Waals surface area contributed by atoms with Crippen LogP contribution in [0, 0.1) is 18.8 Å². The summed E-state index contributed by atoms with van der Waals surface area (Å²) in [5, 5.41) is 2.17. The Labute approximate surface area is 534 Å². The molecule has 0 saturated carbocycles. The Morgan fingerprint density at radius 3 is 1.55 bits per heavy atom. The predicted molar refractivity (Wildman–Crippen MR) is 362 cm³/mol. The molecule has 0 fully saturated rings. The van der Waals surface area contributed by atoms with Crippen LogP contribution < -0.4 is 14.5 Å². The first-order valence-corrected chi connectivity index (χ1v) is 30.2. The van der Waals surface area contributed by atoms with Gasteiger partial charge in [0.1, 0.15) is 5.82 Å². The summed E-state index contributed by atoms with van der Waals surface area (Å²) >= 11 is 0. The smallest absolute Gasteiger partial charge is 0.135 e. The zero-order valence-electron chi connectivity index (χ0n) is 49.4. The fourth-order valence-corrected chi connectivity index (χ4v) is 13.8. The van der Waals surface area contributed by atoms with E-state index in [4.69, 9.17) is 9.72 Å². The van der Waals surface area contributed by atoms with Gasteiger partial charge in [-0.1, -0.05) is 257 Å². The fourth-order valence-electron chi connectivity index (χ4n) is 13.8. The van der Waals surface area contributed by atoms with E-state index >= 15 is 0 Å². The van der Waals surface area contributed by atoms with Crippen LogP contribution in [0.5, 0.6) is 11.5 Å². The molecule has 89 heavy (non-hydrogen) atoms. The van der Waals surface area contributed by atoms with Crippen LogP contribution in [-0.2, 0) is 31.9 Å². The van der Waals surface area contributed by atoms with Crippen LogP contribution in [-0.4, -0.2) is 9.55 Å². The minimum Gasteiger partial charge on any atom is -0.509 e. The second-order valence-electron chi connectivity index (χ2n) is 23.9. The van der Waals surface area contributed by atoms with E-state index in [9.17, 15) is 0 Å². The summed E-state index contributed by atoms with van der Waals surface area (Å²) in [6.07, 6.45) is 1.94. The van der Waals surface area contributed by atoms with E-state index in [1.54, 1.807) is 0 Å². The maximum absolute atomic E-state index is 6.99. The van der Waals surface area contributed by atoms with Gasteiger partial charge in [-0.2, -0.15) is 12.1 Å². The first-order valence-electron chi connectivity index (χ1n) is 30.2. The standard InChI is InChI=1S/C83H59N4O.Pt/c1-82(2,3)60-48-49-84-80(50-60)87-78-52-63(46-47-69(78)73-53-72-68-40-20-21-43-74(68)83(75(72)54-79(73)87,58-30-12-6-13-31-58)59-32-14-7-15-33-59)88-62-35-24-34-61(51-62)85-55-86(77-45-23-22-44-76(77)85)81-70(66-38-18-16-36-64(66)56-26-8-4-9-27-56)41-25-42-71(81)67-39-19-17-37-65(67)57-28-10-5-11-29-57;/h4-50,53-55H,1-3H3;/q-3;. The molecule has 430 valence electrons. The number of hydrogen-bond acceptors (Lipinski definition) is 4. The van der Waals surface area contributed by atoms with Gasteiger partial charge >= 0.3 is 0 Å². The van der Waals surface area contributed by atoms with Crippen LogP contribution in [0.1, 0.15) is 48.6 Å². The minimum atomic E-state index is -0.582. The molecule has 0 saturated heterocycles. The van der Waals surface area contributed by atoms with E-state index < -0.39 is 5.41 Å². The summed E-state index contributed by atoms with van der Waals surface area (Å²) in [4.78, 5) is 9.76. The quantitative estimate of drug-likeness (QED) is 0.121. The van der Waals surface area contributed by atoms with Gasteiger partial charge in [0.15, 0.2) is 0 Å². The van der Waals surface area contributed by atoms with Crippen molar-refractivity contribution in [1.29, 1.82) is 0 Å². The van der Waals surface area contributed by atoms with Gasteiger partial charge in [-0.25, -0.2) is 4.98 Å². The van der Waals surface area contributed by atoms with Crippen molar-refractivity contribution in [2.24, 2.45) is 0 Å². The summed E-state index contributed by atoms with van der Waals surface area (Å²) in [6, 6.07) is 112. The summed E-state index contributed by atoms with van der Waals surface area (Å²) in [6.45, 7) is 8.98. The van der Waals surface area contributed by atoms with Gasteiger partial charge in [-0.15, -0.1) is 48.1 Å². The van der Waals surface area contributed by atoms with Crippen LogP contribution in [0.25, 0.3) is 83.3 Å². The molecule has 6 heteroatoms. The Bertz CT molecular complexity index is 4830. The SMILES string of the molecule is CC(C)(C)c1ccnc(-n2c3[c-]c(Oc4[c-]c(N5[CH-]N(c6c(-c7ccccc7-c7ccccc7)cccc6-c6ccccc6-c6ccccc6)c6ccccc65)ccc4)ccc3c3cc4c(cc32)C(c2ccccc2)(c2ccccc2)c2ccccc2-4)c1.[Pt]. The molecule has 0 bridgehead atoms. The molecule has 0 N–H and O–H groups in total. The molecule has 1 aliphatic heterocycles. The van der Waals surface area contributed by atoms with E-state index in [-0.39, 0.29) is 26.5 Å². The first-order chi connectivity index (χ1) is 43.3. The van der Waals surface area contributed by atoms with Gasteiger partial charge < -0.3 is 19.1 Å². The molecule has 2 aromatic heterocycles.